The van der Waals surface area contributed by atoms with Gasteiger partial charge in [0.2, 0.25) is 5.82 Å². The Kier molecular flexibility index (Phi) is 5.48. The highest BCUT2D eigenvalue weighted by Gasteiger charge is 2.20. The molecule has 2 heterocycles. The zero-order valence-corrected chi connectivity index (χ0v) is 12.8. The minimum atomic E-state index is -0.324. The second-order valence-corrected chi connectivity index (χ2v) is 4.74. The standard InChI is InChI=1S/C15H20N4O3/c1-3-7-16-15(21)13-18-12(14(20)17-8-10-22-2)11-6-4-5-9-19(11)13/h4-6,9H,3,7-8,10H2,1-2H3,(H,16,21)(H,17,20). The van der Waals surface area contributed by atoms with E-state index in [9.17, 15) is 9.59 Å². The van der Waals surface area contributed by atoms with Gasteiger partial charge in [-0.3, -0.25) is 14.0 Å². The fourth-order valence-corrected chi connectivity index (χ4v) is 2.03. The van der Waals surface area contributed by atoms with E-state index in [4.69, 9.17) is 4.74 Å². The van der Waals surface area contributed by atoms with E-state index in [-0.39, 0.29) is 23.3 Å². The molecule has 0 aromatic carbocycles. The molecule has 0 fully saturated rings. The molecule has 0 spiro atoms. The van der Waals surface area contributed by atoms with Crippen molar-refractivity contribution in [1.29, 1.82) is 0 Å². The number of ether oxygens (including phenoxy) is 1. The first-order valence-corrected chi connectivity index (χ1v) is 7.21. The Morgan fingerprint density at radius 1 is 1.23 bits per heavy atom. The number of methoxy groups -OCH3 is 1. The number of rotatable bonds is 7. The summed E-state index contributed by atoms with van der Waals surface area (Å²) in [5.74, 6) is -0.407. The van der Waals surface area contributed by atoms with Gasteiger partial charge in [-0.1, -0.05) is 13.0 Å². The van der Waals surface area contributed by atoms with Crippen LogP contribution in [0.2, 0.25) is 0 Å². The Morgan fingerprint density at radius 3 is 2.73 bits per heavy atom. The molecule has 2 amide bonds. The van der Waals surface area contributed by atoms with Gasteiger partial charge in [0, 0.05) is 26.4 Å². The maximum Gasteiger partial charge on any atom is 0.287 e. The fourth-order valence-electron chi connectivity index (χ4n) is 2.03. The van der Waals surface area contributed by atoms with E-state index in [0.717, 1.165) is 6.42 Å². The highest BCUT2D eigenvalue weighted by atomic mass is 16.5. The number of nitrogens with zero attached hydrogens (tertiary/aromatic N) is 2. The molecule has 22 heavy (non-hydrogen) atoms. The molecule has 0 aliphatic heterocycles. The Balaban J connectivity index is 2.31. The average Bonchev–Trinajstić information content (AvgIpc) is 2.92. The molecule has 0 atom stereocenters. The van der Waals surface area contributed by atoms with Gasteiger partial charge in [0.25, 0.3) is 11.8 Å². The number of imidazole rings is 1. The lowest BCUT2D eigenvalue weighted by Gasteiger charge is -2.02. The highest BCUT2D eigenvalue weighted by molar-refractivity contribution is 6.02. The first-order chi connectivity index (χ1) is 10.7. The van der Waals surface area contributed by atoms with E-state index in [1.165, 1.54) is 0 Å². The predicted octanol–water partition coefficient (Wildman–Crippen LogP) is 0.850. The van der Waals surface area contributed by atoms with Gasteiger partial charge in [-0.25, -0.2) is 4.98 Å². The minimum absolute atomic E-state index is 0.209. The molecular formula is C15H20N4O3. The summed E-state index contributed by atoms with van der Waals surface area (Å²) in [5, 5.41) is 5.49. The largest absolute Gasteiger partial charge is 0.383 e. The van der Waals surface area contributed by atoms with E-state index < -0.39 is 0 Å². The topological polar surface area (TPSA) is 84.7 Å². The minimum Gasteiger partial charge on any atom is -0.383 e. The number of carbonyl (C=O) groups excluding carboxylic acids is 2. The number of hydrogen-bond donors (Lipinski definition) is 2. The normalized spacial score (nSPS) is 10.6. The van der Waals surface area contributed by atoms with Gasteiger partial charge >= 0.3 is 0 Å². The molecule has 2 aromatic heterocycles. The number of hydrogen-bond acceptors (Lipinski definition) is 4. The summed E-state index contributed by atoms with van der Waals surface area (Å²) >= 11 is 0. The molecule has 2 aromatic rings. The lowest BCUT2D eigenvalue weighted by Crippen LogP contribution is -2.28. The first-order valence-electron chi connectivity index (χ1n) is 7.21. The third-order valence-corrected chi connectivity index (χ3v) is 3.09. The Morgan fingerprint density at radius 2 is 2.00 bits per heavy atom. The van der Waals surface area contributed by atoms with Crippen molar-refractivity contribution >= 4 is 17.3 Å². The van der Waals surface area contributed by atoms with E-state index in [1.54, 1.807) is 35.9 Å². The molecule has 0 bridgehead atoms. The zero-order chi connectivity index (χ0) is 15.9. The zero-order valence-electron chi connectivity index (χ0n) is 12.8. The number of pyridine rings is 1. The molecule has 118 valence electrons. The highest BCUT2D eigenvalue weighted by Crippen LogP contribution is 2.13. The second kappa shape index (κ2) is 7.56. The predicted molar refractivity (Wildman–Crippen MR) is 82.0 cm³/mol. The van der Waals surface area contributed by atoms with Crippen molar-refractivity contribution in [3.63, 3.8) is 0 Å². The van der Waals surface area contributed by atoms with Gasteiger partial charge in [0.15, 0.2) is 5.69 Å². The van der Waals surface area contributed by atoms with Gasteiger partial charge in [0.1, 0.15) is 0 Å². The van der Waals surface area contributed by atoms with Crippen LogP contribution in [0, 0.1) is 0 Å². The summed E-state index contributed by atoms with van der Waals surface area (Å²) < 4.78 is 6.52. The van der Waals surface area contributed by atoms with Crippen LogP contribution in [0.3, 0.4) is 0 Å². The lowest BCUT2D eigenvalue weighted by molar-refractivity contribution is 0.0934. The van der Waals surface area contributed by atoms with Crippen LogP contribution in [0.25, 0.3) is 5.52 Å². The molecule has 0 unspecified atom stereocenters. The number of aromatic nitrogens is 2. The quantitative estimate of drug-likeness (QED) is 0.743. The Bertz CT molecular complexity index is 666. The van der Waals surface area contributed by atoms with Gasteiger partial charge in [-0.15, -0.1) is 0 Å². The molecular weight excluding hydrogens is 284 g/mol. The van der Waals surface area contributed by atoms with Crippen molar-refractivity contribution in [2.75, 3.05) is 26.8 Å². The molecule has 7 heteroatoms. The number of nitrogens with one attached hydrogen (secondary N) is 2. The Labute approximate surface area is 128 Å². The molecule has 7 nitrogen and oxygen atoms in total. The van der Waals surface area contributed by atoms with Gasteiger partial charge < -0.3 is 15.4 Å². The van der Waals surface area contributed by atoms with E-state index >= 15 is 0 Å². The smallest absolute Gasteiger partial charge is 0.287 e. The van der Waals surface area contributed by atoms with Gasteiger partial charge in [-0.2, -0.15) is 0 Å². The van der Waals surface area contributed by atoms with Crippen LogP contribution >= 0.6 is 0 Å². The van der Waals surface area contributed by atoms with Crippen molar-refractivity contribution in [2.24, 2.45) is 0 Å². The van der Waals surface area contributed by atoms with Crippen molar-refractivity contribution < 1.29 is 14.3 Å². The fraction of sp³-hybridized carbons (Fsp3) is 0.400. The summed E-state index contributed by atoms with van der Waals surface area (Å²) in [6, 6.07) is 5.35. The van der Waals surface area contributed by atoms with E-state index in [0.29, 0.717) is 25.2 Å². The molecule has 0 saturated carbocycles. The molecule has 2 N–H and O–H groups in total. The molecule has 0 aliphatic rings. The molecule has 2 rings (SSSR count). The lowest BCUT2D eigenvalue weighted by atomic mass is 10.3. The van der Waals surface area contributed by atoms with Crippen LogP contribution < -0.4 is 10.6 Å². The van der Waals surface area contributed by atoms with E-state index in [1.807, 2.05) is 6.92 Å². The van der Waals surface area contributed by atoms with Crippen LogP contribution in [0.15, 0.2) is 24.4 Å². The van der Waals surface area contributed by atoms with Crippen LogP contribution in [-0.2, 0) is 4.74 Å². The Hall–Kier alpha value is -2.41. The molecule has 0 radical (unpaired) electrons. The summed E-state index contributed by atoms with van der Waals surface area (Å²) in [5.41, 5.74) is 0.831. The number of amides is 2. The monoisotopic (exact) mass is 304 g/mol. The number of carbonyl (C=O) groups is 2. The first kappa shape index (κ1) is 16.0. The summed E-state index contributed by atoms with van der Waals surface area (Å²) in [4.78, 5) is 28.6. The second-order valence-electron chi connectivity index (χ2n) is 4.74. The van der Waals surface area contributed by atoms with Crippen molar-refractivity contribution in [2.45, 2.75) is 13.3 Å². The maximum absolute atomic E-state index is 12.2. The SMILES string of the molecule is CCCNC(=O)c1nc(C(=O)NCCOC)c2ccccn12. The van der Waals surface area contributed by atoms with Crippen LogP contribution in [-0.4, -0.2) is 48.0 Å². The third kappa shape index (κ3) is 3.43. The molecule has 0 aliphatic carbocycles. The third-order valence-electron chi connectivity index (χ3n) is 3.09. The van der Waals surface area contributed by atoms with E-state index in [2.05, 4.69) is 15.6 Å². The summed E-state index contributed by atoms with van der Waals surface area (Å²) in [7, 11) is 1.56. The van der Waals surface area contributed by atoms with Crippen LogP contribution in [0.1, 0.15) is 34.5 Å². The van der Waals surface area contributed by atoms with Gasteiger partial charge in [-0.05, 0) is 18.6 Å². The molecule has 0 saturated heterocycles. The number of fused-ring (bicyclic) bond motifs is 1. The summed E-state index contributed by atoms with van der Waals surface area (Å²) in [6.07, 6.45) is 2.55. The van der Waals surface area contributed by atoms with Gasteiger partial charge in [0.05, 0.1) is 12.1 Å². The van der Waals surface area contributed by atoms with Crippen molar-refractivity contribution in [3.8, 4) is 0 Å². The van der Waals surface area contributed by atoms with Crippen molar-refractivity contribution in [3.05, 3.63) is 35.9 Å². The maximum atomic E-state index is 12.2. The average molecular weight is 304 g/mol. The van der Waals surface area contributed by atoms with Crippen LogP contribution in [0.4, 0.5) is 0 Å². The van der Waals surface area contributed by atoms with Crippen molar-refractivity contribution in [1.82, 2.24) is 20.0 Å². The van der Waals surface area contributed by atoms with Crippen LogP contribution in [0.5, 0.6) is 0 Å². The summed E-state index contributed by atoms with van der Waals surface area (Å²) in [6.45, 7) is 3.34.